The van der Waals surface area contributed by atoms with Crippen LogP contribution in [0.3, 0.4) is 0 Å². The first-order valence-electron chi connectivity index (χ1n) is 4.39. The minimum absolute atomic E-state index is 0.207. The summed E-state index contributed by atoms with van der Waals surface area (Å²) in [6, 6.07) is 0. The van der Waals surface area contributed by atoms with Gasteiger partial charge in [-0.3, -0.25) is 0 Å². The highest BCUT2D eigenvalue weighted by Crippen LogP contribution is 2.29. The highest BCUT2D eigenvalue weighted by atomic mass is 16.5. The maximum atomic E-state index is 5.54. The van der Waals surface area contributed by atoms with Crippen molar-refractivity contribution < 1.29 is 4.74 Å². The van der Waals surface area contributed by atoms with Gasteiger partial charge in [-0.05, 0) is 13.0 Å². The van der Waals surface area contributed by atoms with Gasteiger partial charge in [-0.15, -0.1) is 0 Å². The summed E-state index contributed by atoms with van der Waals surface area (Å²) >= 11 is 0. The van der Waals surface area contributed by atoms with Gasteiger partial charge in [0.15, 0.2) is 0 Å². The van der Waals surface area contributed by atoms with E-state index in [-0.39, 0.29) is 5.60 Å². The van der Waals surface area contributed by atoms with E-state index in [1.165, 1.54) is 6.33 Å². The molecule has 0 aliphatic carbocycles. The lowest BCUT2D eigenvalue weighted by atomic mass is 9.95. The maximum absolute atomic E-state index is 5.54. The van der Waals surface area contributed by atoms with Gasteiger partial charge in [-0.25, -0.2) is 9.97 Å². The predicted molar refractivity (Wildman–Crippen MR) is 48.2 cm³/mol. The normalized spacial score (nSPS) is 27.8. The molecule has 4 nitrogen and oxygen atoms in total. The predicted octanol–water partition coefficient (Wildman–Crippen LogP) is 0.312. The molecule has 2 rings (SSSR count). The summed E-state index contributed by atoms with van der Waals surface area (Å²) in [5.41, 5.74) is 0.851. The number of rotatable bonds is 2. The van der Waals surface area contributed by atoms with E-state index in [1.807, 2.05) is 12.4 Å². The monoisotopic (exact) mass is 179 g/mol. The van der Waals surface area contributed by atoms with Crippen molar-refractivity contribution in [3.8, 4) is 0 Å². The molecule has 0 aromatic carbocycles. The number of nitrogens with one attached hydrogen (secondary N) is 1. The average Bonchev–Trinajstić information content (AvgIpc) is 2.69. The zero-order valence-corrected chi connectivity index (χ0v) is 7.66. The van der Waals surface area contributed by atoms with Gasteiger partial charge in [0.05, 0.1) is 0 Å². The summed E-state index contributed by atoms with van der Waals surface area (Å²) in [6.07, 6.45) is 6.17. The highest BCUT2D eigenvalue weighted by Gasteiger charge is 2.35. The lowest BCUT2D eigenvalue weighted by Crippen LogP contribution is -2.31. The van der Waals surface area contributed by atoms with Crippen LogP contribution >= 0.6 is 0 Å². The smallest absolute Gasteiger partial charge is 0.115 e. The van der Waals surface area contributed by atoms with Crippen LogP contribution < -0.4 is 5.32 Å². The van der Waals surface area contributed by atoms with E-state index in [2.05, 4.69) is 15.3 Å². The Kier molecular flexibility index (Phi) is 2.24. The second-order valence-corrected chi connectivity index (χ2v) is 3.25. The van der Waals surface area contributed by atoms with E-state index in [0.29, 0.717) is 0 Å². The molecule has 13 heavy (non-hydrogen) atoms. The Labute approximate surface area is 77.4 Å². The first-order chi connectivity index (χ1) is 6.37. The molecule has 0 amide bonds. The molecule has 1 aromatic heterocycles. The van der Waals surface area contributed by atoms with E-state index >= 15 is 0 Å². The van der Waals surface area contributed by atoms with Crippen molar-refractivity contribution in [2.24, 2.45) is 0 Å². The van der Waals surface area contributed by atoms with Crippen LogP contribution in [0.4, 0.5) is 0 Å². The fourth-order valence-corrected chi connectivity index (χ4v) is 1.74. The Bertz CT molecular complexity index is 269. The Morgan fingerprint density at radius 2 is 2.23 bits per heavy atom. The third-order valence-electron chi connectivity index (χ3n) is 2.59. The number of ether oxygens (including phenoxy) is 1. The molecule has 0 radical (unpaired) electrons. The molecule has 0 spiro atoms. The van der Waals surface area contributed by atoms with Crippen molar-refractivity contribution in [2.45, 2.75) is 12.0 Å². The fourth-order valence-electron chi connectivity index (χ4n) is 1.74. The number of hydrogen-bond acceptors (Lipinski definition) is 4. The van der Waals surface area contributed by atoms with E-state index in [1.54, 1.807) is 7.11 Å². The Balaban J connectivity index is 2.31. The van der Waals surface area contributed by atoms with Gasteiger partial charge in [0.2, 0.25) is 0 Å². The molecule has 1 unspecified atom stereocenters. The van der Waals surface area contributed by atoms with Gasteiger partial charge in [0.1, 0.15) is 11.9 Å². The summed E-state index contributed by atoms with van der Waals surface area (Å²) in [7, 11) is 1.74. The van der Waals surface area contributed by atoms with Gasteiger partial charge in [-0.2, -0.15) is 0 Å². The van der Waals surface area contributed by atoms with Crippen LogP contribution in [0, 0.1) is 0 Å². The molecule has 1 atom stereocenters. The van der Waals surface area contributed by atoms with Crippen LogP contribution in [0.15, 0.2) is 18.7 Å². The number of aromatic nitrogens is 2. The standard InChI is InChI=1S/C9H13N3O/c1-13-9(2-3-10-6-9)8-4-11-7-12-5-8/h4-5,7,10H,2-3,6H2,1H3. The second kappa shape index (κ2) is 3.40. The molecule has 0 bridgehead atoms. The van der Waals surface area contributed by atoms with Gasteiger partial charge < -0.3 is 10.1 Å². The van der Waals surface area contributed by atoms with Crippen LogP contribution in [-0.2, 0) is 10.3 Å². The molecule has 1 aliphatic heterocycles. The molecule has 1 saturated heterocycles. The molecule has 1 aliphatic rings. The van der Waals surface area contributed by atoms with Crippen LogP contribution in [0.1, 0.15) is 12.0 Å². The van der Waals surface area contributed by atoms with Crippen molar-refractivity contribution in [1.82, 2.24) is 15.3 Å². The average molecular weight is 179 g/mol. The van der Waals surface area contributed by atoms with Crippen LogP contribution in [-0.4, -0.2) is 30.2 Å². The molecule has 2 heterocycles. The zero-order chi connectivity index (χ0) is 9.15. The third-order valence-corrected chi connectivity index (χ3v) is 2.59. The molecule has 70 valence electrons. The lowest BCUT2D eigenvalue weighted by molar-refractivity contribution is 0.00267. The first-order valence-corrected chi connectivity index (χ1v) is 4.39. The second-order valence-electron chi connectivity index (χ2n) is 3.25. The van der Waals surface area contributed by atoms with Crippen LogP contribution in [0.5, 0.6) is 0 Å². The largest absolute Gasteiger partial charge is 0.372 e. The van der Waals surface area contributed by atoms with Gasteiger partial charge >= 0.3 is 0 Å². The Morgan fingerprint density at radius 1 is 1.46 bits per heavy atom. The topological polar surface area (TPSA) is 47.0 Å². The lowest BCUT2D eigenvalue weighted by Gasteiger charge is -2.25. The van der Waals surface area contributed by atoms with Crippen molar-refractivity contribution in [2.75, 3.05) is 20.2 Å². The first kappa shape index (κ1) is 8.59. The van der Waals surface area contributed by atoms with Crippen LogP contribution in [0.25, 0.3) is 0 Å². The third kappa shape index (κ3) is 1.43. The van der Waals surface area contributed by atoms with E-state index in [0.717, 1.165) is 25.1 Å². The number of hydrogen-bond donors (Lipinski definition) is 1. The van der Waals surface area contributed by atoms with Crippen molar-refractivity contribution >= 4 is 0 Å². The molecule has 1 fully saturated rings. The summed E-state index contributed by atoms with van der Waals surface area (Å²) in [5.74, 6) is 0. The van der Waals surface area contributed by atoms with E-state index in [4.69, 9.17) is 4.74 Å². The highest BCUT2D eigenvalue weighted by molar-refractivity contribution is 5.17. The molecule has 4 heteroatoms. The Hall–Kier alpha value is -1.00. The number of methoxy groups -OCH3 is 1. The van der Waals surface area contributed by atoms with Gasteiger partial charge in [-0.1, -0.05) is 0 Å². The van der Waals surface area contributed by atoms with Crippen molar-refractivity contribution in [3.63, 3.8) is 0 Å². The SMILES string of the molecule is COC1(c2cncnc2)CCNC1. The van der Waals surface area contributed by atoms with E-state index < -0.39 is 0 Å². The molecular formula is C9H13N3O. The minimum atomic E-state index is -0.207. The molecular weight excluding hydrogens is 166 g/mol. The summed E-state index contributed by atoms with van der Waals surface area (Å²) in [6.45, 7) is 1.83. The van der Waals surface area contributed by atoms with E-state index in [9.17, 15) is 0 Å². The number of nitrogens with zero attached hydrogens (tertiary/aromatic N) is 2. The molecule has 1 N–H and O–H groups in total. The minimum Gasteiger partial charge on any atom is -0.372 e. The molecule has 0 saturated carbocycles. The fraction of sp³-hybridized carbons (Fsp3) is 0.556. The molecule has 1 aromatic rings. The summed E-state index contributed by atoms with van der Waals surface area (Å²) in [4.78, 5) is 8.01. The Morgan fingerprint density at radius 3 is 2.77 bits per heavy atom. The van der Waals surface area contributed by atoms with Crippen molar-refractivity contribution in [3.05, 3.63) is 24.3 Å². The maximum Gasteiger partial charge on any atom is 0.115 e. The zero-order valence-electron chi connectivity index (χ0n) is 7.66. The van der Waals surface area contributed by atoms with Crippen molar-refractivity contribution in [1.29, 1.82) is 0 Å². The summed E-state index contributed by atoms with van der Waals surface area (Å²) in [5, 5.41) is 3.28. The summed E-state index contributed by atoms with van der Waals surface area (Å²) < 4.78 is 5.54. The van der Waals surface area contributed by atoms with Crippen LogP contribution in [0.2, 0.25) is 0 Å². The van der Waals surface area contributed by atoms with Gasteiger partial charge in [0, 0.05) is 31.6 Å². The van der Waals surface area contributed by atoms with Gasteiger partial charge in [0.25, 0.3) is 0 Å². The quantitative estimate of drug-likeness (QED) is 0.710.